The molecule has 2 aromatic carbocycles. The van der Waals surface area contributed by atoms with Gasteiger partial charge in [-0.2, -0.15) is 10.5 Å². The molecule has 3 aromatic rings. The third-order valence-corrected chi connectivity index (χ3v) is 5.94. The molecule has 0 N–H and O–H groups in total. The van der Waals surface area contributed by atoms with E-state index >= 15 is 0 Å². The van der Waals surface area contributed by atoms with Gasteiger partial charge in [-0.3, -0.25) is 9.36 Å². The molecule has 5 heteroatoms. The van der Waals surface area contributed by atoms with Gasteiger partial charge >= 0.3 is 0 Å². The van der Waals surface area contributed by atoms with Gasteiger partial charge in [0.2, 0.25) is 0 Å². The summed E-state index contributed by atoms with van der Waals surface area (Å²) in [6.45, 7) is 8.12. The number of aryl methyl sites for hydroxylation is 4. The largest absolute Gasteiger partial charge is 0.273 e. The van der Waals surface area contributed by atoms with Gasteiger partial charge in [-0.05, 0) is 67.7 Å². The summed E-state index contributed by atoms with van der Waals surface area (Å²) in [7, 11) is 0. The Labute approximate surface area is 173 Å². The van der Waals surface area contributed by atoms with Crippen molar-refractivity contribution in [2.45, 2.75) is 34.1 Å². The van der Waals surface area contributed by atoms with Crippen molar-refractivity contribution in [2.24, 2.45) is 0 Å². The third kappa shape index (κ3) is 3.92. The lowest BCUT2D eigenvalue weighted by Gasteiger charge is -2.06. The maximum Gasteiger partial charge on any atom is 0.273 e. The van der Waals surface area contributed by atoms with Crippen LogP contribution in [0.25, 0.3) is 17.3 Å². The van der Waals surface area contributed by atoms with Gasteiger partial charge in [0, 0.05) is 0 Å². The molecule has 29 heavy (non-hydrogen) atoms. The van der Waals surface area contributed by atoms with Crippen molar-refractivity contribution in [1.29, 1.82) is 10.5 Å². The number of aromatic nitrogens is 1. The van der Waals surface area contributed by atoms with Crippen molar-refractivity contribution in [2.75, 3.05) is 0 Å². The van der Waals surface area contributed by atoms with Crippen molar-refractivity contribution in [3.05, 3.63) is 83.8 Å². The van der Waals surface area contributed by atoms with Crippen LogP contribution in [0, 0.1) is 43.4 Å². The van der Waals surface area contributed by atoms with Crippen LogP contribution in [0.2, 0.25) is 0 Å². The Hall–Kier alpha value is -3.41. The van der Waals surface area contributed by atoms with Crippen molar-refractivity contribution >= 4 is 23.0 Å². The minimum atomic E-state index is -0.222. The predicted octanol–water partition coefficient (Wildman–Crippen LogP) is 3.41. The summed E-state index contributed by atoms with van der Waals surface area (Å²) in [6.07, 6.45) is 2.70. The number of rotatable bonds is 3. The second kappa shape index (κ2) is 8.31. The zero-order chi connectivity index (χ0) is 21.1. The van der Waals surface area contributed by atoms with Crippen LogP contribution in [-0.4, -0.2) is 4.57 Å². The Morgan fingerprint density at radius 2 is 1.76 bits per heavy atom. The van der Waals surface area contributed by atoms with E-state index < -0.39 is 0 Å². The van der Waals surface area contributed by atoms with Gasteiger partial charge in [0.15, 0.2) is 5.57 Å². The smallest absolute Gasteiger partial charge is 0.267 e. The molecule has 0 fully saturated rings. The summed E-state index contributed by atoms with van der Waals surface area (Å²) in [5, 5.41) is 18.9. The molecule has 1 heterocycles. The zero-order valence-corrected chi connectivity index (χ0v) is 17.7. The Balaban J connectivity index is 2.43. The first-order chi connectivity index (χ1) is 13.9. The molecule has 0 saturated heterocycles. The molecule has 0 aliphatic carbocycles. The molecule has 0 aliphatic heterocycles. The topological polar surface area (TPSA) is 69.6 Å². The lowest BCUT2D eigenvalue weighted by Crippen LogP contribution is -2.30. The summed E-state index contributed by atoms with van der Waals surface area (Å²) in [4.78, 5) is 13.3. The summed E-state index contributed by atoms with van der Waals surface area (Å²) < 4.78 is 2.35. The van der Waals surface area contributed by atoms with Crippen molar-refractivity contribution in [3.8, 4) is 17.8 Å². The van der Waals surface area contributed by atoms with E-state index in [1.54, 1.807) is 0 Å². The van der Waals surface area contributed by atoms with E-state index in [1.807, 2.05) is 70.2 Å². The van der Waals surface area contributed by atoms with E-state index in [9.17, 15) is 15.3 Å². The van der Waals surface area contributed by atoms with Gasteiger partial charge in [0.25, 0.3) is 5.56 Å². The van der Waals surface area contributed by atoms with Crippen molar-refractivity contribution in [3.63, 3.8) is 0 Å². The molecule has 0 atom stereocenters. The molecular formula is C24H21N3OS. The lowest BCUT2D eigenvalue weighted by atomic mass is 10.00. The average molecular weight is 400 g/mol. The Morgan fingerprint density at radius 3 is 2.34 bits per heavy atom. The molecule has 1 aromatic heterocycles. The first-order valence-electron chi connectivity index (χ1n) is 9.34. The van der Waals surface area contributed by atoms with Gasteiger partial charge < -0.3 is 0 Å². The molecule has 4 nitrogen and oxygen atoms in total. The van der Waals surface area contributed by atoms with Crippen molar-refractivity contribution in [1.82, 2.24) is 4.57 Å². The molecule has 0 amide bonds. The quantitative estimate of drug-likeness (QED) is 0.678. The fraction of sp³-hybridized carbons (Fsp3) is 0.208. The fourth-order valence-corrected chi connectivity index (χ4v) is 4.51. The van der Waals surface area contributed by atoms with Crippen LogP contribution in [0.1, 0.15) is 34.7 Å². The summed E-state index contributed by atoms with van der Waals surface area (Å²) in [5.74, 6) is 0. The molecule has 0 bridgehead atoms. The maximum atomic E-state index is 13.3. The first-order valence-corrected chi connectivity index (χ1v) is 10.2. The maximum absolute atomic E-state index is 13.3. The van der Waals surface area contributed by atoms with E-state index in [0.29, 0.717) is 14.9 Å². The molecule has 0 radical (unpaired) electrons. The highest BCUT2D eigenvalue weighted by Gasteiger charge is 2.12. The highest BCUT2D eigenvalue weighted by molar-refractivity contribution is 7.07. The fourth-order valence-electron chi connectivity index (χ4n) is 3.47. The molecule has 0 unspecified atom stereocenters. The van der Waals surface area contributed by atoms with Crippen LogP contribution in [0.5, 0.6) is 0 Å². The van der Waals surface area contributed by atoms with Gasteiger partial charge in [-0.25, -0.2) is 0 Å². The number of hydrogen-bond donors (Lipinski definition) is 0. The first kappa shape index (κ1) is 20.3. The van der Waals surface area contributed by atoms with Gasteiger partial charge in [0.1, 0.15) is 16.8 Å². The van der Waals surface area contributed by atoms with Crippen LogP contribution >= 0.6 is 11.3 Å². The highest BCUT2D eigenvalue weighted by atomic mass is 32.1. The Bertz CT molecular complexity index is 1320. The Morgan fingerprint density at radius 1 is 1.10 bits per heavy atom. The van der Waals surface area contributed by atoms with Crippen LogP contribution in [0.4, 0.5) is 0 Å². The normalized spacial score (nSPS) is 11.2. The monoisotopic (exact) mass is 399 g/mol. The number of hydrogen-bond acceptors (Lipinski definition) is 4. The van der Waals surface area contributed by atoms with E-state index in [0.717, 1.165) is 28.7 Å². The number of thiazole rings is 1. The van der Waals surface area contributed by atoms with E-state index in [-0.39, 0.29) is 11.1 Å². The minimum Gasteiger partial charge on any atom is -0.267 e. The zero-order valence-electron chi connectivity index (χ0n) is 16.9. The van der Waals surface area contributed by atoms with Gasteiger partial charge in [-0.15, -0.1) is 11.3 Å². The molecule has 144 valence electrons. The number of benzene rings is 2. The molecular weight excluding hydrogens is 378 g/mol. The third-order valence-electron chi connectivity index (χ3n) is 4.85. The second-order valence-corrected chi connectivity index (χ2v) is 8.02. The van der Waals surface area contributed by atoms with E-state index in [4.69, 9.17) is 0 Å². The molecule has 3 rings (SSSR count). The lowest BCUT2D eigenvalue weighted by molar-refractivity contribution is 0.979. The second-order valence-electron chi connectivity index (χ2n) is 6.99. The molecule has 0 saturated carbocycles. The van der Waals surface area contributed by atoms with Crippen molar-refractivity contribution < 1.29 is 0 Å². The molecule has 0 aliphatic rings. The summed E-state index contributed by atoms with van der Waals surface area (Å²) in [6, 6.07) is 15.7. The van der Waals surface area contributed by atoms with Crippen LogP contribution in [0.15, 0.2) is 41.2 Å². The summed E-state index contributed by atoms with van der Waals surface area (Å²) in [5.41, 5.74) is 5.79. The number of nitriles is 2. The predicted molar refractivity (Wildman–Crippen MR) is 117 cm³/mol. The van der Waals surface area contributed by atoms with E-state index in [2.05, 4.69) is 12.1 Å². The number of nitrogens with zero attached hydrogens (tertiary/aromatic N) is 3. The SMILES string of the molecule is CCc1cccc(-n2c(=C(C#N)C#N)s/c(=C/c3c(C)cc(C)cc3C)c2=O)c1. The van der Waals surface area contributed by atoms with Gasteiger partial charge in [-0.1, -0.05) is 36.8 Å². The average Bonchev–Trinajstić information content (AvgIpc) is 3.01. The van der Waals surface area contributed by atoms with E-state index in [1.165, 1.54) is 21.5 Å². The Kier molecular flexibility index (Phi) is 5.82. The summed E-state index contributed by atoms with van der Waals surface area (Å²) >= 11 is 1.18. The van der Waals surface area contributed by atoms with Crippen LogP contribution in [-0.2, 0) is 6.42 Å². The minimum absolute atomic E-state index is 0.0639. The standard InChI is InChI=1S/C24H21N3OS/c1-5-18-7-6-8-20(11-18)27-23(28)22(29-24(27)19(13-25)14-26)12-21-16(3)9-15(2)10-17(21)4/h6-12H,5H2,1-4H3/b22-12+. The molecule has 0 spiro atoms. The van der Waals surface area contributed by atoms with Crippen LogP contribution < -0.4 is 14.8 Å². The highest BCUT2D eigenvalue weighted by Crippen LogP contribution is 2.17. The van der Waals surface area contributed by atoms with Gasteiger partial charge in [0.05, 0.1) is 10.2 Å². The van der Waals surface area contributed by atoms with Crippen LogP contribution in [0.3, 0.4) is 0 Å².